The highest BCUT2D eigenvalue weighted by Crippen LogP contribution is 2.26. The minimum atomic E-state index is -3.66. The van der Waals surface area contributed by atoms with Gasteiger partial charge in [-0.3, -0.25) is 9.59 Å². The number of nitrogens with zero attached hydrogens (tertiary/aromatic N) is 1. The maximum absolute atomic E-state index is 12.9. The van der Waals surface area contributed by atoms with E-state index in [1.165, 1.54) is 16.4 Å². The topological polar surface area (TPSA) is 102 Å². The van der Waals surface area contributed by atoms with E-state index in [1.54, 1.807) is 36.4 Å². The fraction of sp³-hybridized carbons (Fsp3) is 0.364. The second-order valence-electron chi connectivity index (χ2n) is 7.25. The lowest BCUT2D eigenvalue weighted by molar-refractivity contribution is -0.152. The number of benzene rings is 2. The van der Waals surface area contributed by atoms with Gasteiger partial charge in [0.25, 0.3) is 5.91 Å². The molecule has 0 atom stereocenters. The zero-order valence-electron chi connectivity index (χ0n) is 17.6. The van der Waals surface area contributed by atoms with Crippen molar-refractivity contribution < 1.29 is 27.5 Å². The molecule has 172 valence electrons. The molecule has 0 unspecified atom stereocenters. The minimum Gasteiger partial charge on any atom is -0.494 e. The maximum atomic E-state index is 12.9. The van der Waals surface area contributed by atoms with Gasteiger partial charge in [0.2, 0.25) is 10.0 Å². The quantitative estimate of drug-likeness (QED) is 0.581. The highest BCUT2D eigenvalue weighted by Gasteiger charge is 2.33. The number of hydrogen-bond acceptors (Lipinski definition) is 6. The van der Waals surface area contributed by atoms with E-state index in [4.69, 9.17) is 21.1 Å². The van der Waals surface area contributed by atoms with Gasteiger partial charge in [0.1, 0.15) is 5.75 Å². The first-order chi connectivity index (χ1) is 15.3. The molecule has 0 aliphatic carbocycles. The molecule has 1 heterocycles. The van der Waals surface area contributed by atoms with Crippen molar-refractivity contribution in [1.29, 1.82) is 0 Å². The zero-order valence-corrected chi connectivity index (χ0v) is 19.2. The van der Waals surface area contributed by atoms with Gasteiger partial charge in [0.15, 0.2) is 6.61 Å². The van der Waals surface area contributed by atoms with Crippen LogP contribution in [0.4, 0.5) is 5.69 Å². The van der Waals surface area contributed by atoms with E-state index in [-0.39, 0.29) is 18.0 Å². The number of nitrogens with one attached hydrogen (secondary N) is 1. The molecule has 3 rings (SSSR count). The standard InChI is InChI=1S/C22H25ClN2O6S/c1-2-30-19-6-8-20(9-7-19)32(28,29)25-12-10-16(11-13-25)22(27)31-15-21(26)24-18-5-3-4-17(23)14-18/h3-9,14,16H,2,10-13,15H2,1H3,(H,24,26). The molecule has 0 spiro atoms. The molecule has 2 aromatic carbocycles. The van der Waals surface area contributed by atoms with Crippen LogP contribution in [0.15, 0.2) is 53.4 Å². The smallest absolute Gasteiger partial charge is 0.309 e. The largest absolute Gasteiger partial charge is 0.494 e. The number of ether oxygens (including phenoxy) is 2. The van der Waals surface area contributed by atoms with Crippen molar-refractivity contribution >= 4 is 39.2 Å². The maximum Gasteiger partial charge on any atom is 0.309 e. The Morgan fingerprint density at radius 2 is 1.81 bits per heavy atom. The molecular formula is C22H25ClN2O6S. The first-order valence-electron chi connectivity index (χ1n) is 10.2. The third-order valence-corrected chi connectivity index (χ3v) is 7.16. The van der Waals surface area contributed by atoms with Crippen LogP contribution in [0.25, 0.3) is 0 Å². The number of hydrogen-bond donors (Lipinski definition) is 1. The summed E-state index contributed by atoms with van der Waals surface area (Å²) in [6, 6.07) is 12.9. The Morgan fingerprint density at radius 1 is 1.12 bits per heavy atom. The third kappa shape index (κ3) is 6.21. The van der Waals surface area contributed by atoms with Crippen LogP contribution < -0.4 is 10.1 Å². The predicted octanol–water partition coefficient (Wildman–Crippen LogP) is 3.32. The lowest BCUT2D eigenvalue weighted by atomic mass is 9.98. The number of carbonyl (C=O) groups is 2. The lowest BCUT2D eigenvalue weighted by Crippen LogP contribution is -2.40. The predicted molar refractivity (Wildman–Crippen MR) is 120 cm³/mol. The zero-order chi connectivity index (χ0) is 23.1. The van der Waals surface area contributed by atoms with Crippen molar-refractivity contribution in [3.05, 3.63) is 53.6 Å². The minimum absolute atomic E-state index is 0.180. The second kappa shape index (κ2) is 10.8. The highest BCUT2D eigenvalue weighted by atomic mass is 35.5. The summed E-state index contributed by atoms with van der Waals surface area (Å²) in [5, 5.41) is 3.08. The third-order valence-electron chi connectivity index (χ3n) is 5.01. The summed E-state index contributed by atoms with van der Waals surface area (Å²) in [7, 11) is -3.66. The van der Waals surface area contributed by atoms with E-state index in [2.05, 4.69) is 5.32 Å². The summed E-state index contributed by atoms with van der Waals surface area (Å²) in [5.74, 6) is -0.839. The molecule has 1 fully saturated rings. The van der Waals surface area contributed by atoms with Gasteiger partial charge in [-0.25, -0.2) is 8.42 Å². The Balaban J connectivity index is 1.48. The van der Waals surface area contributed by atoms with Crippen LogP contribution in [-0.4, -0.2) is 50.9 Å². The van der Waals surface area contributed by atoms with Gasteiger partial charge in [0, 0.05) is 23.8 Å². The van der Waals surface area contributed by atoms with Crippen LogP contribution in [0.2, 0.25) is 5.02 Å². The Hall–Kier alpha value is -2.62. The molecule has 32 heavy (non-hydrogen) atoms. The molecule has 2 aromatic rings. The van der Waals surface area contributed by atoms with Gasteiger partial charge < -0.3 is 14.8 Å². The molecule has 1 saturated heterocycles. The van der Waals surface area contributed by atoms with E-state index in [1.807, 2.05) is 6.92 Å². The monoisotopic (exact) mass is 480 g/mol. The number of rotatable bonds is 8. The number of carbonyl (C=O) groups excluding carboxylic acids is 2. The Bertz CT molecular complexity index is 1050. The van der Waals surface area contributed by atoms with Crippen molar-refractivity contribution in [3.8, 4) is 5.75 Å². The molecular weight excluding hydrogens is 456 g/mol. The lowest BCUT2D eigenvalue weighted by Gasteiger charge is -2.30. The summed E-state index contributed by atoms with van der Waals surface area (Å²) >= 11 is 5.87. The fourth-order valence-electron chi connectivity index (χ4n) is 3.37. The fourth-order valence-corrected chi connectivity index (χ4v) is 5.03. The first kappa shape index (κ1) is 24.0. The summed E-state index contributed by atoms with van der Waals surface area (Å²) in [4.78, 5) is 24.5. The van der Waals surface area contributed by atoms with Crippen LogP contribution in [0.5, 0.6) is 5.75 Å². The molecule has 10 heteroatoms. The van der Waals surface area contributed by atoms with Gasteiger partial charge in [-0.2, -0.15) is 4.31 Å². The number of sulfonamides is 1. The average molecular weight is 481 g/mol. The molecule has 0 saturated carbocycles. The van der Waals surface area contributed by atoms with Crippen molar-refractivity contribution in [2.24, 2.45) is 5.92 Å². The molecule has 0 aromatic heterocycles. The molecule has 1 aliphatic heterocycles. The van der Waals surface area contributed by atoms with E-state index in [0.717, 1.165) is 0 Å². The van der Waals surface area contributed by atoms with Crippen LogP contribution in [-0.2, 0) is 24.3 Å². The van der Waals surface area contributed by atoms with Crippen molar-refractivity contribution in [2.45, 2.75) is 24.7 Å². The highest BCUT2D eigenvalue weighted by molar-refractivity contribution is 7.89. The normalized spacial score (nSPS) is 15.2. The first-order valence-corrected chi connectivity index (χ1v) is 12.1. The van der Waals surface area contributed by atoms with Crippen LogP contribution in [0.3, 0.4) is 0 Å². The van der Waals surface area contributed by atoms with E-state index in [9.17, 15) is 18.0 Å². The van der Waals surface area contributed by atoms with Gasteiger partial charge in [-0.15, -0.1) is 0 Å². The Morgan fingerprint density at radius 3 is 2.44 bits per heavy atom. The SMILES string of the molecule is CCOc1ccc(S(=O)(=O)N2CCC(C(=O)OCC(=O)Nc3cccc(Cl)c3)CC2)cc1. The summed E-state index contributed by atoms with van der Waals surface area (Å²) < 4.78 is 37.5. The molecule has 1 amide bonds. The number of amides is 1. The van der Waals surface area contributed by atoms with Crippen LogP contribution in [0.1, 0.15) is 19.8 Å². The molecule has 8 nitrogen and oxygen atoms in total. The van der Waals surface area contributed by atoms with Crippen LogP contribution >= 0.6 is 11.6 Å². The number of halogens is 1. The van der Waals surface area contributed by atoms with Gasteiger partial charge in [-0.05, 0) is 62.2 Å². The Labute approximate surface area is 192 Å². The summed E-state index contributed by atoms with van der Waals surface area (Å²) in [6.45, 7) is 2.33. The Kier molecular flexibility index (Phi) is 8.11. The van der Waals surface area contributed by atoms with Crippen molar-refractivity contribution in [3.63, 3.8) is 0 Å². The van der Waals surface area contributed by atoms with Crippen molar-refractivity contribution in [2.75, 3.05) is 31.6 Å². The summed E-state index contributed by atoms with van der Waals surface area (Å²) in [6.07, 6.45) is 0.649. The summed E-state index contributed by atoms with van der Waals surface area (Å²) in [5.41, 5.74) is 0.506. The van der Waals surface area contributed by atoms with E-state index >= 15 is 0 Å². The van der Waals surface area contributed by atoms with Crippen molar-refractivity contribution in [1.82, 2.24) is 4.31 Å². The molecule has 0 bridgehead atoms. The number of piperidine rings is 1. The van der Waals surface area contributed by atoms with Crippen LogP contribution in [0, 0.1) is 5.92 Å². The number of esters is 1. The van der Waals surface area contributed by atoms with E-state index in [0.29, 0.717) is 35.9 Å². The van der Waals surface area contributed by atoms with Gasteiger partial charge >= 0.3 is 5.97 Å². The van der Waals surface area contributed by atoms with E-state index < -0.39 is 34.4 Å². The molecule has 1 aliphatic rings. The van der Waals surface area contributed by atoms with Gasteiger partial charge in [0.05, 0.1) is 17.4 Å². The van der Waals surface area contributed by atoms with Gasteiger partial charge in [-0.1, -0.05) is 17.7 Å². The molecule has 1 N–H and O–H groups in total. The average Bonchev–Trinajstić information content (AvgIpc) is 2.78. The number of anilines is 1. The molecule has 0 radical (unpaired) electrons. The second-order valence-corrected chi connectivity index (χ2v) is 9.62.